The van der Waals surface area contributed by atoms with E-state index in [-0.39, 0.29) is 17.5 Å². The summed E-state index contributed by atoms with van der Waals surface area (Å²) in [5, 5.41) is 5.59. The maximum atomic E-state index is 11.3. The summed E-state index contributed by atoms with van der Waals surface area (Å²) in [5.74, 6) is -0.177. The minimum atomic E-state index is -0.213. The zero-order valence-corrected chi connectivity index (χ0v) is 11.3. The highest BCUT2D eigenvalue weighted by molar-refractivity contribution is 5.74. The lowest BCUT2D eigenvalue weighted by Crippen LogP contribution is -2.46. The van der Waals surface area contributed by atoms with Gasteiger partial charge < -0.3 is 15.4 Å². The Balaban J connectivity index is 3.40. The highest BCUT2D eigenvalue weighted by Gasteiger charge is 2.12. The van der Waals surface area contributed by atoms with E-state index in [1.165, 1.54) is 7.11 Å². The molecule has 2 amide bonds. The van der Waals surface area contributed by atoms with Crippen LogP contribution in [0.1, 0.15) is 46.5 Å². The molecular weight excluding hydrogens is 220 g/mol. The van der Waals surface area contributed by atoms with Crippen molar-refractivity contribution in [3.05, 3.63) is 0 Å². The molecule has 0 aromatic carbocycles. The molecule has 5 nitrogen and oxygen atoms in total. The molecule has 0 aromatic heterocycles. The van der Waals surface area contributed by atoms with Crippen LogP contribution in [0.5, 0.6) is 0 Å². The quantitative estimate of drug-likeness (QED) is 0.553. The van der Waals surface area contributed by atoms with E-state index in [4.69, 9.17) is 0 Å². The molecule has 0 saturated heterocycles. The van der Waals surface area contributed by atoms with Crippen LogP contribution in [-0.2, 0) is 9.53 Å². The van der Waals surface area contributed by atoms with Crippen molar-refractivity contribution in [3.63, 3.8) is 0 Å². The van der Waals surface area contributed by atoms with Gasteiger partial charge in [0.1, 0.15) is 0 Å². The first-order chi connectivity index (χ1) is 7.85. The van der Waals surface area contributed by atoms with Crippen molar-refractivity contribution in [1.29, 1.82) is 0 Å². The predicted molar refractivity (Wildman–Crippen MR) is 66.8 cm³/mol. The highest BCUT2D eigenvalue weighted by Crippen LogP contribution is 2.00. The molecule has 0 aromatic rings. The van der Waals surface area contributed by atoms with Gasteiger partial charge in [-0.3, -0.25) is 4.79 Å². The second kappa shape index (κ2) is 7.92. The molecule has 0 atom stereocenters. The fraction of sp³-hybridized carbons (Fsp3) is 0.833. The Morgan fingerprint density at radius 1 is 1.12 bits per heavy atom. The number of carbonyl (C=O) groups is 2. The number of esters is 1. The second-order valence-corrected chi connectivity index (χ2v) is 5.02. The summed E-state index contributed by atoms with van der Waals surface area (Å²) in [7, 11) is 1.39. The van der Waals surface area contributed by atoms with Crippen LogP contribution in [-0.4, -0.2) is 31.2 Å². The Morgan fingerprint density at radius 3 is 2.29 bits per heavy atom. The van der Waals surface area contributed by atoms with Gasteiger partial charge >= 0.3 is 12.0 Å². The van der Waals surface area contributed by atoms with Gasteiger partial charge in [0, 0.05) is 18.5 Å². The Bertz CT molecular complexity index is 247. The van der Waals surface area contributed by atoms with Gasteiger partial charge in [-0.1, -0.05) is 6.42 Å². The van der Waals surface area contributed by atoms with E-state index in [1.54, 1.807) is 0 Å². The van der Waals surface area contributed by atoms with Crippen molar-refractivity contribution in [1.82, 2.24) is 10.6 Å². The van der Waals surface area contributed by atoms with Crippen LogP contribution in [0.2, 0.25) is 0 Å². The van der Waals surface area contributed by atoms with Gasteiger partial charge in [0.15, 0.2) is 0 Å². The van der Waals surface area contributed by atoms with Gasteiger partial charge in [0.05, 0.1) is 7.11 Å². The van der Waals surface area contributed by atoms with Crippen LogP contribution < -0.4 is 10.6 Å². The fourth-order valence-corrected chi connectivity index (χ4v) is 1.26. The number of hydrogen-bond donors (Lipinski definition) is 2. The number of unbranched alkanes of at least 4 members (excludes halogenated alkanes) is 2. The number of urea groups is 1. The molecule has 0 aliphatic heterocycles. The molecule has 100 valence electrons. The minimum Gasteiger partial charge on any atom is -0.469 e. The van der Waals surface area contributed by atoms with Gasteiger partial charge in [-0.05, 0) is 33.6 Å². The van der Waals surface area contributed by atoms with Crippen LogP contribution in [0.25, 0.3) is 0 Å². The van der Waals surface area contributed by atoms with Crippen molar-refractivity contribution in [2.75, 3.05) is 13.7 Å². The Labute approximate surface area is 103 Å². The number of rotatable bonds is 6. The minimum absolute atomic E-state index is 0.148. The molecular formula is C12H24N2O3. The second-order valence-electron chi connectivity index (χ2n) is 5.02. The number of amides is 2. The van der Waals surface area contributed by atoms with Crippen LogP contribution in [0, 0.1) is 0 Å². The number of nitrogens with one attached hydrogen (secondary N) is 2. The lowest BCUT2D eigenvalue weighted by molar-refractivity contribution is -0.140. The molecule has 0 heterocycles. The molecule has 0 radical (unpaired) electrons. The molecule has 5 heteroatoms. The topological polar surface area (TPSA) is 67.4 Å². The third kappa shape index (κ3) is 11.0. The average molecular weight is 244 g/mol. The SMILES string of the molecule is COC(=O)CCCCCNC(=O)NC(C)(C)C. The normalized spacial score (nSPS) is 10.8. The first kappa shape index (κ1) is 15.7. The van der Waals surface area contributed by atoms with Crippen LogP contribution in [0.4, 0.5) is 4.79 Å². The van der Waals surface area contributed by atoms with Crippen molar-refractivity contribution in [2.45, 2.75) is 52.0 Å². The maximum Gasteiger partial charge on any atom is 0.315 e. The fourth-order valence-electron chi connectivity index (χ4n) is 1.26. The Morgan fingerprint density at radius 2 is 1.76 bits per heavy atom. The molecule has 0 fully saturated rings. The molecule has 2 N–H and O–H groups in total. The van der Waals surface area contributed by atoms with Gasteiger partial charge in [0.25, 0.3) is 0 Å². The average Bonchev–Trinajstić information content (AvgIpc) is 2.20. The summed E-state index contributed by atoms with van der Waals surface area (Å²) < 4.78 is 4.53. The lowest BCUT2D eigenvalue weighted by atomic mass is 10.1. The molecule has 0 bridgehead atoms. The summed E-state index contributed by atoms with van der Waals surface area (Å²) >= 11 is 0. The summed E-state index contributed by atoms with van der Waals surface area (Å²) in [6.45, 7) is 6.43. The molecule has 0 aliphatic carbocycles. The smallest absolute Gasteiger partial charge is 0.315 e. The molecule has 17 heavy (non-hydrogen) atoms. The highest BCUT2D eigenvalue weighted by atomic mass is 16.5. The first-order valence-electron chi connectivity index (χ1n) is 5.98. The van der Waals surface area contributed by atoms with Gasteiger partial charge in [0.2, 0.25) is 0 Å². The molecule has 0 saturated carbocycles. The zero-order valence-electron chi connectivity index (χ0n) is 11.3. The summed E-state index contributed by atoms with van der Waals surface area (Å²) in [6, 6.07) is -0.148. The van der Waals surface area contributed by atoms with E-state index < -0.39 is 0 Å². The summed E-state index contributed by atoms with van der Waals surface area (Å²) in [5.41, 5.74) is -0.213. The van der Waals surface area contributed by atoms with Crippen molar-refractivity contribution in [2.24, 2.45) is 0 Å². The largest absolute Gasteiger partial charge is 0.469 e. The van der Waals surface area contributed by atoms with Crippen LogP contribution in [0.3, 0.4) is 0 Å². The number of hydrogen-bond acceptors (Lipinski definition) is 3. The van der Waals surface area contributed by atoms with E-state index in [9.17, 15) is 9.59 Å². The zero-order chi connectivity index (χ0) is 13.3. The number of methoxy groups -OCH3 is 1. The van der Waals surface area contributed by atoms with Gasteiger partial charge in [-0.2, -0.15) is 0 Å². The molecule has 0 spiro atoms. The molecule has 0 aliphatic rings. The van der Waals surface area contributed by atoms with Crippen LogP contribution in [0.15, 0.2) is 0 Å². The van der Waals surface area contributed by atoms with Gasteiger partial charge in [-0.25, -0.2) is 4.79 Å². The van der Waals surface area contributed by atoms with E-state index in [1.807, 2.05) is 20.8 Å². The predicted octanol–water partition coefficient (Wildman–Crippen LogP) is 1.82. The van der Waals surface area contributed by atoms with Gasteiger partial charge in [-0.15, -0.1) is 0 Å². The standard InChI is InChI=1S/C12H24N2O3/c1-12(2,3)14-11(16)13-9-7-5-6-8-10(15)17-4/h5-9H2,1-4H3,(H2,13,14,16). The molecule has 0 unspecified atom stereocenters. The monoisotopic (exact) mass is 244 g/mol. The molecule has 0 rings (SSSR count). The van der Waals surface area contributed by atoms with E-state index in [2.05, 4.69) is 15.4 Å². The van der Waals surface area contributed by atoms with E-state index >= 15 is 0 Å². The summed E-state index contributed by atoms with van der Waals surface area (Å²) in [4.78, 5) is 22.2. The third-order valence-corrected chi connectivity index (χ3v) is 2.06. The summed E-state index contributed by atoms with van der Waals surface area (Å²) in [6.07, 6.45) is 3.03. The van der Waals surface area contributed by atoms with Crippen molar-refractivity contribution in [3.8, 4) is 0 Å². The lowest BCUT2D eigenvalue weighted by Gasteiger charge is -2.20. The van der Waals surface area contributed by atoms with E-state index in [0.29, 0.717) is 13.0 Å². The third-order valence-electron chi connectivity index (χ3n) is 2.06. The van der Waals surface area contributed by atoms with E-state index in [0.717, 1.165) is 19.3 Å². The van der Waals surface area contributed by atoms with Crippen LogP contribution >= 0.6 is 0 Å². The Hall–Kier alpha value is -1.26. The van der Waals surface area contributed by atoms with Crippen molar-refractivity contribution >= 4 is 12.0 Å². The first-order valence-corrected chi connectivity index (χ1v) is 5.98. The van der Waals surface area contributed by atoms with Crippen molar-refractivity contribution < 1.29 is 14.3 Å². The number of carbonyl (C=O) groups excluding carboxylic acids is 2. The maximum absolute atomic E-state index is 11.3. The Kier molecular flexibility index (Phi) is 7.34. The number of ether oxygens (including phenoxy) is 1.